The van der Waals surface area contributed by atoms with Gasteiger partial charge in [0.2, 0.25) is 15.9 Å². The Morgan fingerprint density at radius 1 is 0.931 bits per heavy atom. The number of thioether (sulfide) groups is 1. The maximum atomic E-state index is 12.7. The third-order valence-corrected chi connectivity index (χ3v) is 7.43. The molecule has 0 aliphatic carbocycles. The van der Waals surface area contributed by atoms with Crippen LogP contribution in [0.15, 0.2) is 64.4 Å². The number of amides is 1. The molecule has 3 rings (SSSR count). The van der Waals surface area contributed by atoms with E-state index in [2.05, 4.69) is 0 Å². The van der Waals surface area contributed by atoms with Gasteiger partial charge in [-0.1, -0.05) is 18.2 Å². The molecule has 0 unspecified atom stereocenters. The van der Waals surface area contributed by atoms with E-state index in [1.807, 2.05) is 30.3 Å². The summed E-state index contributed by atoms with van der Waals surface area (Å²) >= 11 is 1.41. The molecule has 0 saturated carbocycles. The SMILES string of the molecule is O=C(CSc1ccccc1)N1CCN(S(=O)(=O)c2ccc(C(F)(F)F)cc2)CC1. The third-order valence-electron chi connectivity index (χ3n) is 4.52. The maximum Gasteiger partial charge on any atom is 0.416 e. The minimum atomic E-state index is -4.52. The Bertz CT molecular complexity index is 941. The molecule has 0 N–H and O–H groups in total. The lowest BCUT2D eigenvalue weighted by Gasteiger charge is -2.34. The number of hydrogen-bond donors (Lipinski definition) is 0. The zero-order chi connectivity index (χ0) is 21.1. The van der Waals surface area contributed by atoms with Gasteiger partial charge in [-0.15, -0.1) is 11.8 Å². The number of sulfonamides is 1. The van der Waals surface area contributed by atoms with Crippen molar-refractivity contribution in [1.29, 1.82) is 0 Å². The van der Waals surface area contributed by atoms with Gasteiger partial charge >= 0.3 is 6.18 Å². The Labute approximate surface area is 171 Å². The third kappa shape index (κ3) is 5.31. The number of alkyl halides is 3. The Kier molecular flexibility index (Phi) is 6.55. The van der Waals surface area contributed by atoms with Crippen molar-refractivity contribution in [2.45, 2.75) is 16.0 Å². The molecule has 1 fully saturated rings. The molecule has 10 heteroatoms. The predicted molar refractivity (Wildman–Crippen MR) is 104 cm³/mol. The predicted octanol–water partition coefficient (Wildman–Crippen LogP) is 3.33. The first kappa shape index (κ1) is 21.7. The van der Waals surface area contributed by atoms with Crippen molar-refractivity contribution in [3.8, 4) is 0 Å². The van der Waals surface area contributed by atoms with Crippen molar-refractivity contribution in [1.82, 2.24) is 9.21 Å². The number of benzene rings is 2. The number of hydrogen-bond acceptors (Lipinski definition) is 4. The molecule has 2 aromatic rings. The molecule has 1 amide bonds. The molecular weight excluding hydrogens is 425 g/mol. The molecule has 1 heterocycles. The minimum absolute atomic E-state index is 0.0783. The molecule has 0 bridgehead atoms. The first-order valence-corrected chi connectivity index (χ1v) is 11.2. The second-order valence-electron chi connectivity index (χ2n) is 6.41. The summed E-state index contributed by atoms with van der Waals surface area (Å²) in [6, 6.07) is 12.9. The first-order chi connectivity index (χ1) is 13.7. The molecule has 1 aliphatic heterocycles. The van der Waals surface area contributed by atoms with E-state index < -0.39 is 21.8 Å². The summed E-state index contributed by atoms with van der Waals surface area (Å²) in [5.41, 5.74) is -0.900. The summed E-state index contributed by atoms with van der Waals surface area (Å²) in [7, 11) is -3.91. The van der Waals surface area contributed by atoms with Crippen molar-refractivity contribution >= 4 is 27.7 Å². The van der Waals surface area contributed by atoms with Crippen LogP contribution in [0.25, 0.3) is 0 Å². The lowest BCUT2D eigenvalue weighted by molar-refractivity contribution is -0.137. The summed E-state index contributed by atoms with van der Waals surface area (Å²) in [6.07, 6.45) is -4.52. The van der Waals surface area contributed by atoms with Crippen LogP contribution < -0.4 is 0 Å². The highest BCUT2D eigenvalue weighted by atomic mass is 32.2. The molecule has 2 aromatic carbocycles. The Morgan fingerprint density at radius 2 is 1.52 bits per heavy atom. The quantitative estimate of drug-likeness (QED) is 0.664. The fourth-order valence-electron chi connectivity index (χ4n) is 2.90. The van der Waals surface area contributed by atoms with Crippen molar-refractivity contribution in [3.63, 3.8) is 0 Å². The van der Waals surface area contributed by atoms with E-state index in [0.717, 1.165) is 29.2 Å². The molecule has 0 atom stereocenters. The van der Waals surface area contributed by atoms with Crippen LogP contribution in [-0.4, -0.2) is 55.5 Å². The average molecular weight is 445 g/mol. The van der Waals surface area contributed by atoms with E-state index in [-0.39, 0.29) is 42.7 Å². The van der Waals surface area contributed by atoms with Gasteiger partial charge in [-0.2, -0.15) is 17.5 Å². The number of carbonyl (C=O) groups is 1. The fourth-order valence-corrected chi connectivity index (χ4v) is 5.14. The zero-order valence-corrected chi connectivity index (χ0v) is 16.9. The van der Waals surface area contributed by atoms with Gasteiger partial charge in [0.05, 0.1) is 16.2 Å². The fraction of sp³-hybridized carbons (Fsp3) is 0.316. The summed E-state index contributed by atoms with van der Waals surface area (Å²) < 4.78 is 64.5. The number of halogens is 3. The van der Waals surface area contributed by atoms with Crippen LogP contribution >= 0.6 is 11.8 Å². The van der Waals surface area contributed by atoms with Gasteiger partial charge in [0, 0.05) is 31.1 Å². The standard InChI is InChI=1S/C19H19F3N2O3S2/c20-19(21,22)15-6-8-17(9-7-15)29(26,27)24-12-10-23(11-13-24)18(25)14-28-16-4-2-1-3-5-16/h1-9H,10-14H2. The lowest BCUT2D eigenvalue weighted by atomic mass is 10.2. The van der Waals surface area contributed by atoms with Crippen molar-refractivity contribution in [3.05, 3.63) is 60.2 Å². The second kappa shape index (κ2) is 8.76. The van der Waals surface area contributed by atoms with Gasteiger partial charge < -0.3 is 4.90 Å². The second-order valence-corrected chi connectivity index (χ2v) is 9.40. The van der Waals surface area contributed by atoms with E-state index >= 15 is 0 Å². The Morgan fingerprint density at radius 3 is 2.07 bits per heavy atom. The molecule has 0 aromatic heterocycles. The van der Waals surface area contributed by atoms with Crippen LogP contribution in [0.1, 0.15) is 5.56 Å². The number of nitrogens with zero attached hydrogens (tertiary/aromatic N) is 2. The van der Waals surface area contributed by atoms with E-state index in [1.165, 1.54) is 16.1 Å². The van der Waals surface area contributed by atoms with Crippen LogP contribution in [0.2, 0.25) is 0 Å². The maximum absolute atomic E-state index is 12.7. The summed E-state index contributed by atoms with van der Waals surface area (Å²) in [6.45, 7) is 0.693. The first-order valence-electron chi connectivity index (χ1n) is 8.81. The number of rotatable bonds is 5. The molecular formula is C19H19F3N2O3S2. The molecule has 29 heavy (non-hydrogen) atoms. The highest BCUT2D eigenvalue weighted by Crippen LogP contribution is 2.30. The molecule has 1 aliphatic rings. The molecule has 156 valence electrons. The van der Waals surface area contributed by atoms with E-state index in [9.17, 15) is 26.4 Å². The van der Waals surface area contributed by atoms with E-state index in [0.29, 0.717) is 0 Å². The van der Waals surface area contributed by atoms with Gasteiger partial charge in [0.1, 0.15) is 0 Å². The normalized spacial score (nSPS) is 16.0. The van der Waals surface area contributed by atoms with Crippen molar-refractivity contribution < 1.29 is 26.4 Å². The monoisotopic (exact) mass is 444 g/mol. The van der Waals surface area contributed by atoms with E-state index in [1.54, 1.807) is 4.90 Å². The molecule has 0 radical (unpaired) electrons. The lowest BCUT2D eigenvalue weighted by Crippen LogP contribution is -2.50. The number of carbonyl (C=O) groups excluding carboxylic acids is 1. The summed E-state index contributed by atoms with van der Waals surface area (Å²) in [5, 5.41) is 0. The van der Waals surface area contributed by atoms with Crippen LogP contribution in [0.5, 0.6) is 0 Å². The smallest absolute Gasteiger partial charge is 0.339 e. The van der Waals surface area contributed by atoms with Gasteiger partial charge in [-0.25, -0.2) is 8.42 Å². The van der Waals surface area contributed by atoms with Crippen LogP contribution in [0.4, 0.5) is 13.2 Å². The van der Waals surface area contributed by atoms with Crippen molar-refractivity contribution in [2.24, 2.45) is 0 Å². The highest BCUT2D eigenvalue weighted by Gasteiger charge is 2.33. The van der Waals surface area contributed by atoms with E-state index in [4.69, 9.17) is 0 Å². The summed E-state index contributed by atoms with van der Waals surface area (Å²) in [4.78, 5) is 14.8. The zero-order valence-electron chi connectivity index (χ0n) is 15.3. The van der Waals surface area contributed by atoms with Crippen LogP contribution in [-0.2, 0) is 21.0 Å². The van der Waals surface area contributed by atoms with Gasteiger partial charge in [-0.05, 0) is 36.4 Å². The van der Waals surface area contributed by atoms with Crippen molar-refractivity contribution in [2.75, 3.05) is 31.9 Å². The average Bonchev–Trinajstić information content (AvgIpc) is 2.72. The largest absolute Gasteiger partial charge is 0.416 e. The Balaban J connectivity index is 1.57. The van der Waals surface area contributed by atoms with Crippen LogP contribution in [0.3, 0.4) is 0 Å². The molecule has 5 nitrogen and oxygen atoms in total. The summed E-state index contributed by atoms with van der Waals surface area (Å²) in [5.74, 6) is 0.181. The van der Waals surface area contributed by atoms with Gasteiger partial charge in [-0.3, -0.25) is 4.79 Å². The molecule has 1 saturated heterocycles. The molecule has 0 spiro atoms. The number of piperazine rings is 1. The Hall–Kier alpha value is -2.04. The van der Waals surface area contributed by atoms with Gasteiger partial charge in [0.15, 0.2) is 0 Å². The van der Waals surface area contributed by atoms with Gasteiger partial charge in [0.25, 0.3) is 0 Å². The minimum Gasteiger partial charge on any atom is -0.339 e. The topological polar surface area (TPSA) is 57.7 Å². The van der Waals surface area contributed by atoms with Crippen LogP contribution in [0, 0.1) is 0 Å². The highest BCUT2D eigenvalue weighted by molar-refractivity contribution is 8.00.